The molecule has 1 saturated heterocycles. The van der Waals surface area contributed by atoms with Gasteiger partial charge in [-0.1, -0.05) is 115 Å². The largest absolute Gasteiger partial charge is 0.494 e. The molecule has 1 aliphatic rings. The van der Waals surface area contributed by atoms with Crippen LogP contribution in [0.2, 0.25) is 0 Å². The van der Waals surface area contributed by atoms with Gasteiger partial charge in [0.05, 0.1) is 22.8 Å². The molecule has 0 unspecified atom stereocenters. The van der Waals surface area contributed by atoms with E-state index in [0.29, 0.717) is 23.0 Å². The van der Waals surface area contributed by atoms with Gasteiger partial charge in [0.25, 0.3) is 0 Å². The zero-order valence-corrected chi connectivity index (χ0v) is 26.8. The van der Waals surface area contributed by atoms with Crippen LogP contribution in [0.4, 0.5) is 0 Å². The Kier molecular flexibility index (Phi) is 7.77. The molecular weight excluding hydrogens is 579 g/mol. The highest BCUT2D eigenvalue weighted by atomic mass is 16.7. The Morgan fingerprint density at radius 3 is 1.53 bits per heavy atom. The molecule has 0 radical (unpaired) electrons. The van der Waals surface area contributed by atoms with Crippen molar-refractivity contribution in [2.24, 2.45) is 0 Å². The molecule has 2 heterocycles. The fourth-order valence-electron chi connectivity index (χ4n) is 5.63. The van der Waals surface area contributed by atoms with E-state index < -0.39 is 18.3 Å². The van der Waals surface area contributed by atoms with Crippen molar-refractivity contribution in [2.75, 3.05) is 0 Å². The highest BCUT2D eigenvalue weighted by Gasteiger charge is 2.51. The van der Waals surface area contributed by atoms with Gasteiger partial charge >= 0.3 is 7.12 Å². The van der Waals surface area contributed by atoms with Crippen LogP contribution in [-0.4, -0.2) is 33.3 Å². The van der Waals surface area contributed by atoms with Gasteiger partial charge in [-0.25, -0.2) is 15.0 Å². The average Bonchev–Trinajstić information content (AvgIpc) is 3.34. The third kappa shape index (κ3) is 5.97. The predicted octanol–water partition coefficient (Wildman–Crippen LogP) is 8.38. The van der Waals surface area contributed by atoms with Gasteiger partial charge < -0.3 is 9.31 Å². The first-order valence-corrected chi connectivity index (χ1v) is 15.7. The van der Waals surface area contributed by atoms with Gasteiger partial charge in [0.2, 0.25) is 0 Å². The Bertz CT molecular complexity index is 2070. The summed E-state index contributed by atoms with van der Waals surface area (Å²) in [5.41, 5.74) is 7.33. The zero-order valence-electron chi connectivity index (χ0n) is 26.8. The highest BCUT2D eigenvalue weighted by Crippen LogP contribution is 2.38. The van der Waals surface area contributed by atoms with Crippen molar-refractivity contribution in [3.63, 3.8) is 0 Å². The summed E-state index contributed by atoms with van der Waals surface area (Å²) < 4.78 is 12.9. The molecule has 47 heavy (non-hydrogen) atoms. The molecule has 228 valence electrons. The number of nitrogens with zero attached hydrogens (tertiary/aromatic N) is 4. The van der Waals surface area contributed by atoms with Crippen LogP contribution in [0.15, 0.2) is 127 Å². The number of aromatic nitrogens is 3. The molecule has 0 saturated carbocycles. The van der Waals surface area contributed by atoms with Crippen LogP contribution in [0.25, 0.3) is 56.4 Å². The molecule has 1 fully saturated rings. The molecule has 0 bridgehead atoms. The van der Waals surface area contributed by atoms with E-state index in [1.807, 2.05) is 84.9 Å². The molecule has 7 heteroatoms. The van der Waals surface area contributed by atoms with E-state index in [1.165, 1.54) is 0 Å². The van der Waals surface area contributed by atoms with Crippen molar-refractivity contribution >= 4 is 12.6 Å². The molecule has 0 spiro atoms. The van der Waals surface area contributed by atoms with E-state index in [-0.39, 0.29) is 0 Å². The predicted molar refractivity (Wildman–Crippen MR) is 187 cm³/mol. The van der Waals surface area contributed by atoms with Gasteiger partial charge in [-0.2, -0.15) is 5.26 Å². The highest BCUT2D eigenvalue weighted by molar-refractivity contribution is 6.62. The Morgan fingerprint density at radius 2 is 0.979 bits per heavy atom. The lowest BCUT2D eigenvalue weighted by atomic mass is 9.77. The standard InChI is InChI=1S/C40H33BN4O2/c1-39(2)40(3,4)47-41(46-39)33-23-24-34(30-11-7-5-8-12-30)35(25-33)38-44-36(31-13-9-6-10-14-31)43-37(45-38)32-21-19-29(20-22-32)28-17-15-27(26-42)16-18-28/h5-25H,1-4H3. The quantitative estimate of drug-likeness (QED) is 0.176. The molecule has 0 aliphatic carbocycles. The maximum atomic E-state index is 9.18. The second-order valence-electron chi connectivity index (χ2n) is 12.7. The van der Waals surface area contributed by atoms with Gasteiger partial charge in [0.15, 0.2) is 17.5 Å². The van der Waals surface area contributed by atoms with Gasteiger partial charge in [-0.05, 0) is 67.5 Å². The smallest absolute Gasteiger partial charge is 0.399 e. The first-order chi connectivity index (χ1) is 22.7. The number of nitriles is 1. The molecule has 7 rings (SSSR count). The van der Waals surface area contributed by atoms with Crippen LogP contribution in [0, 0.1) is 11.3 Å². The Morgan fingerprint density at radius 1 is 0.511 bits per heavy atom. The summed E-state index contributed by atoms with van der Waals surface area (Å²) >= 11 is 0. The maximum absolute atomic E-state index is 9.18. The summed E-state index contributed by atoms with van der Waals surface area (Å²) in [5.74, 6) is 1.71. The first kappa shape index (κ1) is 30.3. The summed E-state index contributed by atoms with van der Waals surface area (Å²) in [6, 6.07) is 44.4. The summed E-state index contributed by atoms with van der Waals surface area (Å²) in [7, 11) is -0.534. The van der Waals surface area contributed by atoms with Crippen molar-refractivity contribution in [1.29, 1.82) is 5.26 Å². The number of hydrogen-bond donors (Lipinski definition) is 0. The second-order valence-corrected chi connectivity index (χ2v) is 12.7. The lowest BCUT2D eigenvalue weighted by Crippen LogP contribution is -2.41. The van der Waals surface area contributed by atoms with E-state index in [2.05, 4.69) is 76.2 Å². The average molecular weight is 613 g/mol. The number of rotatable bonds is 6. The van der Waals surface area contributed by atoms with Crippen molar-refractivity contribution in [3.05, 3.63) is 133 Å². The van der Waals surface area contributed by atoms with E-state index in [9.17, 15) is 5.26 Å². The molecule has 0 amide bonds. The monoisotopic (exact) mass is 612 g/mol. The SMILES string of the molecule is CC1(C)OB(c2ccc(-c3ccccc3)c(-c3nc(-c4ccccc4)nc(-c4ccc(-c5ccc(C#N)cc5)cc4)n3)c2)OC1(C)C. The summed E-state index contributed by atoms with van der Waals surface area (Å²) in [6.45, 7) is 8.24. The molecule has 6 aromatic rings. The van der Waals surface area contributed by atoms with E-state index >= 15 is 0 Å². The normalized spacial score (nSPS) is 14.9. The summed E-state index contributed by atoms with van der Waals surface area (Å²) in [4.78, 5) is 15.1. The summed E-state index contributed by atoms with van der Waals surface area (Å²) in [5, 5.41) is 9.18. The van der Waals surface area contributed by atoms with Crippen LogP contribution >= 0.6 is 0 Å². The minimum atomic E-state index is -0.534. The first-order valence-electron chi connectivity index (χ1n) is 15.7. The Labute approximate surface area is 275 Å². The minimum absolute atomic E-state index is 0.472. The zero-order chi connectivity index (χ0) is 32.6. The molecule has 0 atom stereocenters. The minimum Gasteiger partial charge on any atom is -0.399 e. The van der Waals surface area contributed by atoms with E-state index in [0.717, 1.165) is 44.4 Å². The Balaban J connectivity index is 1.37. The lowest BCUT2D eigenvalue weighted by molar-refractivity contribution is 0.00578. The third-order valence-corrected chi connectivity index (χ3v) is 9.05. The van der Waals surface area contributed by atoms with E-state index in [4.69, 9.17) is 24.3 Å². The molecule has 5 aromatic carbocycles. The molecule has 0 N–H and O–H groups in total. The molecule has 1 aromatic heterocycles. The Hall–Kier alpha value is -5.42. The van der Waals surface area contributed by atoms with Crippen molar-refractivity contribution in [3.8, 4) is 62.5 Å². The number of benzene rings is 5. The fourth-order valence-corrected chi connectivity index (χ4v) is 5.63. The second kappa shape index (κ2) is 12.1. The van der Waals surface area contributed by atoms with Crippen molar-refractivity contribution in [1.82, 2.24) is 15.0 Å². The van der Waals surface area contributed by atoms with Crippen LogP contribution in [-0.2, 0) is 9.31 Å². The van der Waals surface area contributed by atoms with Gasteiger partial charge in [-0.15, -0.1) is 0 Å². The molecule has 6 nitrogen and oxygen atoms in total. The lowest BCUT2D eigenvalue weighted by Gasteiger charge is -2.32. The van der Waals surface area contributed by atoms with E-state index in [1.54, 1.807) is 0 Å². The van der Waals surface area contributed by atoms with Crippen molar-refractivity contribution in [2.45, 2.75) is 38.9 Å². The molecular formula is C40H33BN4O2. The maximum Gasteiger partial charge on any atom is 0.494 e. The van der Waals surface area contributed by atoms with Crippen LogP contribution in [0.1, 0.15) is 33.3 Å². The van der Waals surface area contributed by atoms with Crippen LogP contribution in [0.3, 0.4) is 0 Å². The van der Waals surface area contributed by atoms with Gasteiger partial charge in [0, 0.05) is 16.7 Å². The fraction of sp³-hybridized carbons (Fsp3) is 0.150. The van der Waals surface area contributed by atoms with Gasteiger partial charge in [-0.3, -0.25) is 0 Å². The van der Waals surface area contributed by atoms with Crippen LogP contribution < -0.4 is 5.46 Å². The molecule has 1 aliphatic heterocycles. The van der Waals surface area contributed by atoms with Gasteiger partial charge in [0.1, 0.15) is 0 Å². The van der Waals surface area contributed by atoms with Crippen LogP contribution in [0.5, 0.6) is 0 Å². The number of hydrogen-bond acceptors (Lipinski definition) is 6. The van der Waals surface area contributed by atoms with Crippen molar-refractivity contribution < 1.29 is 9.31 Å². The summed E-state index contributed by atoms with van der Waals surface area (Å²) in [6.07, 6.45) is 0. The third-order valence-electron chi connectivity index (χ3n) is 9.05. The topological polar surface area (TPSA) is 80.9 Å².